The quantitative estimate of drug-likeness (QED) is 0.650. The van der Waals surface area contributed by atoms with E-state index >= 15 is 0 Å². The molecular weight excluding hydrogens is 180 g/mol. The van der Waals surface area contributed by atoms with Crippen molar-refractivity contribution >= 4 is 5.97 Å². The molecular formula is C11H10O3. The maximum Gasteiger partial charge on any atom is 0.336 e. The minimum atomic E-state index is -1.00. The van der Waals surface area contributed by atoms with E-state index in [-0.39, 0.29) is 12.2 Å². The van der Waals surface area contributed by atoms with Crippen molar-refractivity contribution in [3.05, 3.63) is 34.9 Å². The fourth-order valence-electron chi connectivity index (χ4n) is 1.08. The molecule has 0 unspecified atom stereocenters. The van der Waals surface area contributed by atoms with Crippen molar-refractivity contribution in [3.8, 4) is 11.8 Å². The maximum atomic E-state index is 10.8. The Bertz CT molecular complexity index is 410. The van der Waals surface area contributed by atoms with E-state index in [2.05, 4.69) is 11.8 Å². The molecule has 0 saturated heterocycles. The molecule has 0 aliphatic rings. The van der Waals surface area contributed by atoms with Crippen molar-refractivity contribution in [1.29, 1.82) is 0 Å². The van der Waals surface area contributed by atoms with Crippen LogP contribution in [0.4, 0.5) is 0 Å². The highest BCUT2D eigenvalue weighted by Crippen LogP contribution is 2.10. The SMILES string of the molecule is Cc1ccc(C#CCO)c(C(=O)O)c1. The first kappa shape index (κ1) is 10.3. The minimum absolute atomic E-state index is 0.172. The zero-order chi connectivity index (χ0) is 10.6. The highest BCUT2D eigenvalue weighted by Gasteiger charge is 2.07. The van der Waals surface area contributed by atoms with E-state index in [9.17, 15) is 4.79 Å². The van der Waals surface area contributed by atoms with Gasteiger partial charge in [-0.05, 0) is 19.1 Å². The summed E-state index contributed by atoms with van der Waals surface area (Å²) in [6, 6.07) is 4.99. The normalized spacial score (nSPS) is 9.00. The van der Waals surface area contributed by atoms with Gasteiger partial charge in [-0.1, -0.05) is 23.5 Å². The first-order chi connectivity index (χ1) is 6.65. The molecule has 1 aromatic rings. The van der Waals surface area contributed by atoms with Gasteiger partial charge in [0.05, 0.1) is 5.56 Å². The summed E-state index contributed by atoms with van der Waals surface area (Å²) in [5.74, 6) is 4.01. The standard InChI is InChI=1S/C11H10O3/c1-8-4-5-9(3-2-6-12)10(7-8)11(13)14/h4-5,7,12H,6H2,1H3,(H,13,14). The molecule has 0 heterocycles. The predicted molar refractivity (Wildman–Crippen MR) is 52.1 cm³/mol. The molecule has 0 aliphatic heterocycles. The Hall–Kier alpha value is -1.79. The zero-order valence-corrected chi connectivity index (χ0v) is 7.74. The van der Waals surface area contributed by atoms with Gasteiger partial charge in [0, 0.05) is 5.56 Å². The van der Waals surface area contributed by atoms with E-state index in [1.165, 1.54) is 0 Å². The molecule has 0 radical (unpaired) electrons. The third-order valence-corrected chi connectivity index (χ3v) is 1.71. The molecule has 1 rings (SSSR count). The molecule has 0 fully saturated rings. The predicted octanol–water partition coefficient (Wildman–Crippen LogP) is 1.04. The van der Waals surface area contributed by atoms with Crippen LogP contribution in [-0.4, -0.2) is 22.8 Å². The molecule has 0 atom stereocenters. The van der Waals surface area contributed by atoms with Gasteiger partial charge in [-0.3, -0.25) is 0 Å². The van der Waals surface area contributed by atoms with Crippen LogP contribution >= 0.6 is 0 Å². The highest BCUT2D eigenvalue weighted by molar-refractivity contribution is 5.91. The van der Waals surface area contributed by atoms with Crippen molar-refractivity contribution in [2.75, 3.05) is 6.61 Å². The third-order valence-electron chi connectivity index (χ3n) is 1.71. The number of benzene rings is 1. The number of carboxylic acid groups (broad SMARTS) is 1. The summed E-state index contributed by atoms with van der Waals surface area (Å²) >= 11 is 0. The summed E-state index contributed by atoms with van der Waals surface area (Å²) < 4.78 is 0. The van der Waals surface area contributed by atoms with E-state index in [4.69, 9.17) is 10.2 Å². The Morgan fingerprint density at radius 1 is 1.50 bits per heavy atom. The van der Waals surface area contributed by atoms with Crippen LogP contribution in [0, 0.1) is 18.8 Å². The summed E-state index contributed by atoms with van der Waals surface area (Å²) in [4.78, 5) is 10.8. The Kier molecular flexibility index (Phi) is 3.27. The molecule has 3 nitrogen and oxygen atoms in total. The van der Waals surface area contributed by atoms with Crippen LogP contribution in [-0.2, 0) is 0 Å². The maximum absolute atomic E-state index is 10.8. The van der Waals surface area contributed by atoms with Crippen LogP contribution in [0.1, 0.15) is 21.5 Å². The van der Waals surface area contributed by atoms with Gasteiger partial charge in [-0.25, -0.2) is 4.79 Å². The number of carboxylic acids is 1. The van der Waals surface area contributed by atoms with Gasteiger partial charge in [0.15, 0.2) is 0 Å². The van der Waals surface area contributed by atoms with Crippen LogP contribution in [0.15, 0.2) is 18.2 Å². The first-order valence-electron chi connectivity index (χ1n) is 4.09. The number of aryl methyl sites for hydroxylation is 1. The lowest BCUT2D eigenvalue weighted by atomic mass is 10.1. The van der Waals surface area contributed by atoms with Crippen molar-refractivity contribution in [2.45, 2.75) is 6.92 Å². The molecule has 0 saturated carbocycles. The van der Waals surface area contributed by atoms with Gasteiger partial charge >= 0.3 is 5.97 Å². The topological polar surface area (TPSA) is 57.5 Å². The van der Waals surface area contributed by atoms with Crippen LogP contribution in [0.5, 0.6) is 0 Å². The van der Waals surface area contributed by atoms with Gasteiger partial charge in [-0.2, -0.15) is 0 Å². The molecule has 14 heavy (non-hydrogen) atoms. The molecule has 2 N–H and O–H groups in total. The molecule has 3 heteroatoms. The van der Waals surface area contributed by atoms with Gasteiger partial charge in [0.2, 0.25) is 0 Å². The summed E-state index contributed by atoms with van der Waals surface area (Å²) in [5.41, 5.74) is 1.47. The monoisotopic (exact) mass is 190 g/mol. The minimum Gasteiger partial charge on any atom is -0.478 e. The zero-order valence-electron chi connectivity index (χ0n) is 7.74. The van der Waals surface area contributed by atoms with E-state index in [1.807, 2.05) is 6.92 Å². The van der Waals surface area contributed by atoms with Gasteiger partial charge < -0.3 is 10.2 Å². The lowest BCUT2D eigenvalue weighted by Crippen LogP contribution is -2.00. The number of hydrogen-bond donors (Lipinski definition) is 2. The summed E-state index contributed by atoms with van der Waals surface area (Å²) in [6.45, 7) is 1.54. The van der Waals surface area contributed by atoms with Gasteiger partial charge in [0.25, 0.3) is 0 Å². The van der Waals surface area contributed by atoms with Gasteiger partial charge in [-0.15, -0.1) is 0 Å². The van der Waals surface area contributed by atoms with E-state index < -0.39 is 5.97 Å². The molecule has 0 spiro atoms. The Labute approximate surface area is 82.0 Å². The number of aromatic carboxylic acids is 1. The second-order valence-corrected chi connectivity index (χ2v) is 2.81. The fourth-order valence-corrected chi connectivity index (χ4v) is 1.08. The lowest BCUT2D eigenvalue weighted by molar-refractivity contribution is 0.0696. The number of aliphatic hydroxyl groups is 1. The summed E-state index contributed by atoms with van der Waals surface area (Å²) in [7, 11) is 0. The number of aliphatic hydroxyl groups excluding tert-OH is 1. The number of hydrogen-bond acceptors (Lipinski definition) is 2. The fraction of sp³-hybridized carbons (Fsp3) is 0.182. The number of carbonyl (C=O) groups is 1. The van der Waals surface area contributed by atoms with Crippen LogP contribution in [0.2, 0.25) is 0 Å². The second-order valence-electron chi connectivity index (χ2n) is 2.81. The average Bonchev–Trinajstić information content (AvgIpc) is 2.15. The average molecular weight is 190 g/mol. The lowest BCUT2D eigenvalue weighted by Gasteiger charge is -2.00. The molecule has 0 aliphatic carbocycles. The van der Waals surface area contributed by atoms with Crippen molar-refractivity contribution < 1.29 is 15.0 Å². The van der Waals surface area contributed by atoms with Crippen molar-refractivity contribution in [2.24, 2.45) is 0 Å². The third kappa shape index (κ3) is 2.35. The van der Waals surface area contributed by atoms with Crippen LogP contribution < -0.4 is 0 Å². The van der Waals surface area contributed by atoms with Crippen LogP contribution in [0.3, 0.4) is 0 Å². The van der Waals surface area contributed by atoms with E-state index in [1.54, 1.807) is 18.2 Å². The first-order valence-corrected chi connectivity index (χ1v) is 4.09. The Morgan fingerprint density at radius 2 is 2.21 bits per heavy atom. The number of rotatable bonds is 1. The van der Waals surface area contributed by atoms with E-state index in [0.717, 1.165) is 5.56 Å². The molecule has 1 aromatic carbocycles. The second kappa shape index (κ2) is 4.45. The van der Waals surface area contributed by atoms with E-state index in [0.29, 0.717) is 5.56 Å². The molecule has 0 bridgehead atoms. The van der Waals surface area contributed by atoms with Crippen molar-refractivity contribution in [1.82, 2.24) is 0 Å². The Morgan fingerprint density at radius 3 is 2.79 bits per heavy atom. The smallest absolute Gasteiger partial charge is 0.336 e. The largest absolute Gasteiger partial charge is 0.478 e. The molecule has 0 aromatic heterocycles. The Balaban J connectivity index is 3.22. The van der Waals surface area contributed by atoms with Crippen LogP contribution in [0.25, 0.3) is 0 Å². The highest BCUT2D eigenvalue weighted by atomic mass is 16.4. The van der Waals surface area contributed by atoms with Gasteiger partial charge in [0.1, 0.15) is 6.61 Å². The molecule has 72 valence electrons. The summed E-state index contributed by atoms with van der Waals surface area (Å²) in [5, 5.41) is 17.3. The molecule has 0 amide bonds. The van der Waals surface area contributed by atoms with Crippen molar-refractivity contribution in [3.63, 3.8) is 0 Å². The summed E-state index contributed by atoms with van der Waals surface area (Å²) in [6.07, 6.45) is 0.